The van der Waals surface area contributed by atoms with Gasteiger partial charge in [-0.3, -0.25) is 19.3 Å². The molecular weight excluding hydrogens is 448 g/mol. The Kier molecular flexibility index (Phi) is 6.10. The fraction of sp³-hybridized carbons (Fsp3) is 0.423. The summed E-state index contributed by atoms with van der Waals surface area (Å²) in [6.07, 6.45) is 2.86. The average Bonchev–Trinajstić information content (AvgIpc) is 3.52. The van der Waals surface area contributed by atoms with E-state index in [1.54, 1.807) is 23.1 Å². The Morgan fingerprint density at radius 2 is 1.94 bits per heavy atom. The van der Waals surface area contributed by atoms with Crippen LogP contribution in [0.3, 0.4) is 0 Å². The van der Waals surface area contributed by atoms with Crippen molar-refractivity contribution in [1.82, 2.24) is 9.80 Å². The monoisotopic (exact) mass is 478 g/mol. The van der Waals surface area contributed by atoms with E-state index < -0.39 is 10.9 Å². The summed E-state index contributed by atoms with van der Waals surface area (Å²) in [6.45, 7) is 6.96. The molecule has 0 radical (unpaired) electrons. The standard InChI is InChI=1S/C26H30N4O5/c1-3-18(20-10-9-15(2)35-20)27-21-22(25(33)24(21)32)28-19-8-4-7-17(23(19)31)26(34)30-13-12-29-11-5-6-16(29)14-30/h4,7-10,16,18,27-28,31H,3,5-6,11-14H2,1-2H3/t16-,18+/m0/s1. The van der Waals surface area contributed by atoms with Crippen LogP contribution in [0.5, 0.6) is 5.75 Å². The average molecular weight is 479 g/mol. The van der Waals surface area contributed by atoms with E-state index in [1.807, 2.05) is 26.0 Å². The van der Waals surface area contributed by atoms with Gasteiger partial charge in [-0.15, -0.1) is 0 Å². The summed E-state index contributed by atoms with van der Waals surface area (Å²) in [5.74, 6) is 0.950. The number of anilines is 3. The van der Waals surface area contributed by atoms with Gasteiger partial charge in [-0.05, 0) is 57.0 Å². The maximum Gasteiger partial charge on any atom is 0.257 e. The van der Waals surface area contributed by atoms with Crippen LogP contribution in [0.2, 0.25) is 0 Å². The first-order valence-corrected chi connectivity index (χ1v) is 12.2. The minimum Gasteiger partial charge on any atom is -0.505 e. The fourth-order valence-electron chi connectivity index (χ4n) is 5.14. The number of phenols is 1. The lowest BCUT2D eigenvalue weighted by Gasteiger charge is -2.37. The van der Waals surface area contributed by atoms with Gasteiger partial charge in [0.05, 0.1) is 17.3 Å². The number of aryl methyl sites for hydroxylation is 1. The molecule has 2 saturated heterocycles. The lowest BCUT2D eigenvalue weighted by Crippen LogP contribution is -2.52. The van der Waals surface area contributed by atoms with E-state index in [-0.39, 0.29) is 40.3 Å². The molecule has 5 rings (SSSR count). The molecule has 0 bridgehead atoms. The summed E-state index contributed by atoms with van der Waals surface area (Å²) in [5.41, 5.74) is -0.720. The molecule has 0 unspecified atom stereocenters. The number of amides is 1. The number of rotatable bonds is 7. The van der Waals surface area contributed by atoms with Gasteiger partial charge in [0.2, 0.25) is 0 Å². The number of piperazine rings is 1. The van der Waals surface area contributed by atoms with Crippen LogP contribution >= 0.6 is 0 Å². The molecule has 2 aliphatic rings. The largest absolute Gasteiger partial charge is 0.505 e. The van der Waals surface area contributed by atoms with Crippen molar-refractivity contribution >= 4 is 23.0 Å². The molecule has 0 saturated carbocycles. The Bertz CT molecular complexity index is 1320. The maximum absolute atomic E-state index is 13.2. The van der Waals surface area contributed by atoms with E-state index in [0.717, 1.165) is 31.7 Å². The number of fused-ring (bicyclic) bond motifs is 1. The number of carbonyl (C=O) groups excluding carboxylic acids is 1. The number of benzene rings is 1. The second-order valence-corrected chi connectivity index (χ2v) is 9.37. The molecule has 1 amide bonds. The van der Waals surface area contributed by atoms with Crippen molar-refractivity contribution in [3.63, 3.8) is 0 Å². The fourth-order valence-corrected chi connectivity index (χ4v) is 5.14. The smallest absolute Gasteiger partial charge is 0.257 e. The summed E-state index contributed by atoms with van der Waals surface area (Å²) in [6, 6.07) is 8.57. The van der Waals surface area contributed by atoms with Crippen LogP contribution in [0, 0.1) is 6.92 Å². The summed E-state index contributed by atoms with van der Waals surface area (Å²) < 4.78 is 5.68. The molecule has 2 atom stereocenters. The molecule has 2 aromatic carbocycles. The van der Waals surface area contributed by atoms with Gasteiger partial charge in [0.25, 0.3) is 16.8 Å². The minimum atomic E-state index is -0.675. The van der Waals surface area contributed by atoms with Crippen molar-refractivity contribution < 1.29 is 14.3 Å². The predicted molar refractivity (Wildman–Crippen MR) is 133 cm³/mol. The molecule has 1 aromatic heterocycles. The molecule has 184 valence electrons. The Balaban J connectivity index is 1.36. The van der Waals surface area contributed by atoms with Gasteiger partial charge < -0.3 is 25.1 Å². The highest BCUT2D eigenvalue weighted by atomic mass is 16.3. The zero-order valence-corrected chi connectivity index (χ0v) is 20.0. The topological polar surface area (TPSA) is 115 Å². The Hall–Kier alpha value is -3.59. The van der Waals surface area contributed by atoms with Crippen molar-refractivity contribution in [2.45, 2.75) is 45.2 Å². The van der Waals surface area contributed by atoms with Crippen molar-refractivity contribution in [2.24, 2.45) is 0 Å². The number of furan rings is 1. The molecule has 0 aliphatic carbocycles. The third-order valence-corrected chi connectivity index (χ3v) is 7.14. The van der Waals surface area contributed by atoms with Crippen LogP contribution in [0.25, 0.3) is 0 Å². The molecule has 3 aromatic rings. The highest BCUT2D eigenvalue weighted by Gasteiger charge is 2.34. The predicted octanol–water partition coefficient (Wildman–Crippen LogP) is 3.12. The number of hydrogen-bond acceptors (Lipinski definition) is 8. The quantitative estimate of drug-likeness (QED) is 0.351. The third kappa shape index (κ3) is 4.20. The number of nitrogens with zero attached hydrogens (tertiary/aromatic N) is 2. The maximum atomic E-state index is 13.2. The first-order chi connectivity index (χ1) is 16.9. The number of carbonyl (C=O) groups is 1. The molecule has 3 N–H and O–H groups in total. The molecule has 9 nitrogen and oxygen atoms in total. The molecule has 35 heavy (non-hydrogen) atoms. The van der Waals surface area contributed by atoms with Gasteiger partial charge in [-0.25, -0.2) is 0 Å². The van der Waals surface area contributed by atoms with Crippen molar-refractivity contribution in [2.75, 3.05) is 36.8 Å². The van der Waals surface area contributed by atoms with E-state index in [2.05, 4.69) is 15.5 Å². The van der Waals surface area contributed by atoms with Crippen LogP contribution in [0.15, 0.2) is 44.3 Å². The van der Waals surface area contributed by atoms with Crippen molar-refractivity contribution in [3.05, 3.63) is 67.9 Å². The molecular formula is C26H30N4O5. The van der Waals surface area contributed by atoms with Crippen LogP contribution in [0.4, 0.5) is 17.1 Å². The second-order valence-electron chi connectivity index (χ2n) is 9.37. The number of para-hydroxylation sites is 1. The molecule has 9 heteroatoms. The van der Waals surface area contributed by atoms with Gasteiger partial charge in [0.15, 0.2) is 5.75 Å². The number of hydrogen-bond donors (Lipinski definition) is 3. The van der Waals surface area contributed by atoms with E-state index >= 15 is 0 Å². The molecule has 0 spiro atoms. The van der Waals surface area contributed by atoms with E-state index in [4.69, 9.17) is 4.42 Å². The number of nitrogens with one attached hydrogen (secondary N) is 2. The Morgan fingerprint density at radius 3 is 2.69 bits per heavy atom. The Morgan fingerprint density at radius 1 is 1.14 bits per heavy atom. The summed E-state index contributed by atoms with van der Waals surface area (Å²) in [5, 5.41) is 16.9. The first-order valence-electron chi connectivity index (χ1n) is 12.2. The van der Waals surface area contributed by atoms with Crippen molar-refractivity contribution in [1.29, 1.82) is 0 Å². The lowest BCUT2D eigenvalue weighted by atomic mass is 10.1. The zero-order chi connectivity index (χ0) is 24.7. The van der Waals surface area contributed by atoms with Crippen LogP contribution in [-0.4, -0.2) is 53.0 Å². The van der Waals surface area contributed by atoms with Crippen LogP contribution in [0.1, 0.15) is 54.1 Å². The third-order valence-electron chi connectivity index (χ3n) is 7.14. The lowest BCUT2D eigenvalue weighted by molar-refractivity contribution is 0.0568. The first kappa shape index (κ1) is 23.2. The SMILES string of the molecule is CC[C@@H](Nc1c(Nc2cccc(C(=O)N3CCN4CCC[C@H]4C3)c2O)c(=O)c1=O)c1ccc(C)o1. The van der Waals surface area contributed by atoms with Crippen LogP contribution < -0.4 is 21.5 Å². The zero-order valence-electron chi connectivity index (χ0n) is 20.0. The van der Waals surface area contributed by atoms with Crippen molar-refractivity contribution in [3.8, 4) is 5.75 Å². The van der Waals surface area contributed by atoms with Gasteiger partial charge in [-0.1, -0.05) is 13.0 Å². The van der Waals surface area contributed by atoms with Crippen LogP contribution in [-0.2, 0) is 0 Å². The summed E-state index contributed by atoms with van der Waals surface area (Å²) >= 11 is 0. The normalized spacial score (nSPS) is 19.0. The van der Waals surface area contributed by atoms with Gasteiger partial charge in [0.1, 0.15) is 22.9 Å². The van der Waals surface area contributed by atoms with E-state index in [0.29, 0.717) is 31.3 Å². The molecule has 2 fully saturated rings. The van der Waals surface area contributed by atoms with E-state index in [1.165, 1.54) is 0 Å². The molecule has 3 heterocycles. The summed E-state index contributed by atoms with van der Waals surface area (Å²) in [4.78, 5) is 42.1. The second kappa shape index (κ2) is 9.22. The highest BCUT2D eigenvalue weighted by molar-refractivity contribution is 5.99. The molecule has 2 aliphatic heterocycles. The van der Waals surface area contributed by atoms with Gasteiger partial charge in [-0.2, -0.15) is 0 Å². The number of phenolic OH excluding ortho intramolecular Hbond substituents is 1. The summed E-state index contributed by atoms with van der Waals surface area (Å²) in [7, 11) is 0. The van der Waals surface area contributed by atoms with Gasteiger partial charge >= 0.3 is 0 Å². The Labute approximate surface area is 203 Å². The number of aromatic hydroxyl groups is 1. The van der Waals surface area contributed by atoms with E-state index in [9.17, 15) is 19.5 Å². The van der Waals surface area contributed by atoms with Gasteiger partial charge in [0, 0.05) is 25.7 Å². The highest BCUT2D eigenvalue weighted by Crippen LogP contribution is 2.34. The minimum absolute atomic E-state index is 0.0659.